The van der Waals surface area contributed by atoms with Crippen molar-refractivity contribution in [3.63, 3.8) is 0 Å². The molecule has 0 atom stereocenters. The molecule has 2 N–H and O–H groups in total. The SMILES string of the molecule is O=C/C=C/c1c2nc(c(-c3ccccc3)c3ccc([nH]3)c(/C=C/C=O)c3ccc([nH]3)c(-c3ccccc3)c3nc1C=C3)C=C2. The van der Waals surface area contributed by atoms with Crippen molar-refractivity contribution in [2.24, 2.45) is 0 Å². The van der Waals surface area contributed by atoms with E-state index in [9.17, 15) is 9.59 Å². The molecule has 0 unspecified atom stereocenters. The van der Waals surface area contributed by atoms with Crippen LogP contribution in [-0.2, 0) is 9.59 Å². The lowest BCUT2D eigenvalue weighted by Crippen LogP contribution is -1.90. The molecule has 6 heteroatoms. The number of aromatic nitrogens is 4. The van der Waals surface area contributed by atoms with Gasteiger partial charge in [-0.05, 0) is 84.0 Å². The molecule has 0 aliphatic carbocycles. The van der Waals surface area contributed by atoms with Crippen LogP contribution in [0.25, 0.3) is 80.8 Å². The van der Waals surface area contributed by atoms with Gasteiger partial charge >= 0.3 is 0 Å². The van der Waals surface area contributed by atoms with Crippen LogP contribution in [0.15, 0.2) is 97.1 Å². The van der Waals surface area contributed by atoms with Gasteiger partial charge in [-0.1, -0.05) is 60.7 Å². The molecule has 2 aliphatic heterocycles. The van der Waals surface area contributed by atoms with Crippen LogP contribution in [0, 0.1) is 0 Å². The standard InChI is InChI=1S/C38H26N4O2/c43-23-7-13-27-29-15-19-33(39-29)37(25-9-3-1-4-10-25)34-20-16-30(40-34)28(14-8-24-44)32-18-22-36(42-32)38(26-11-5-2-6-12-26)35-21-17-31(27)41-35/h1-24,39,41H/b13-7+,14-8+,29-27?,30-28?,31-27?,32-28?,37-33?,37-34?,38-35?,38-36?. The first-order chi connectivity index (χ1) is 21.7. The molecule has 0 saturated carbocycles. The zero-order valence-electron chi connectivity index (χ0n) is 23.6. The van der Waals surface area contributed by atoms with E-state index in [-0.39, 0.29) is 0 Å². The average molecular weight is 571 g/mol. The first kappa shape index (κ1) is 26.7. The number of aromatic amines is 2. The summed E-state index contributed by atoms with van der Waals surface area (Å²) in [4.78, 5) is 40.2. The molecule has 0 saturated heterocycles. The van der Waals surface area contributed by atoms with E-state index in [1.54, 1.807) is 6.08 Å². The number of allylic oxidation sites excluding steroid dienone is 2. The van der Waals surface area contributed by atoms with Crippen LogP contribution in [0.3, 0.4) is 0 Å². The summed E-state index contributed by atoms with van der Waals surface area (Å²) >= 11 is 0. The third kappa shape index (κ3) is 4.95. The van der Waals surface area contributed by atoms with E-state index in [0.29, 0.717) is 11.4 Å². The van der Waals surface area contributed by atoms with Gasteiger partial charge in [-0.25, -0.2) is 9.97 Å². The fourth-order valence-corrected chi connectivity index (χ4v) is 5.69. The van der Waals surface area contributed by atoms with Crippen LogP contribution in [0.4, 0.5) is 0 Å². The maximum atomic E-state index is 11.4. The van der Waals surface area contributed by atoms with E-state index in [2.05, 4.69) is 34.2 Å². The summed E-state index contributed by atoms with van der Waals surface area (Å²) in [5.74, 6) is 0. The van der Waals surface area contributed by atoms with Gasteiger partial charge < -0.3 is 9.97 Å². The second-order valence-corrected chi connectivity index (χ2v) is 10.3. The van der Waals surface area contributed by atoms with Crippen molar-refractivity contribution in [2.75, 3.05) is 0 Å². The minimum absolute atomic E-state index is 0.708. The van der Waals surface area contributed by atoms with Gasteiger partial charge in [-0.2, -0.15) is 0 Å². The molecule has 0 amide bonds. The predicted molar refractivity (Wildman–Crippen MR) is 180 cm³/mol. The Balaban J connectivity index is 1.68. The second kappa shape index (κ2) is 11.6. The molecule has 210 valence electrons. The molecule has 6 nitrogen and oxygen atoms in total. The smallest absolute Gasteiger partial charge is 0.142 e. The normalized spacial score (nSPS) is 12.4. The number of nitrogens with one attached hydrogen (secondary N) is 2. The molecule has 8 bridgehead atoms. The summed E-state index contributed by atoms with van der Waals surface area (Å²) in [6, 6.07) is 28.3. The Morgan fingerprint density at radius 2 is 0.864 bits per heavy atom. The molecule has 44 heavy (non-hydrogen) atoms. The topological polar surface area (TPSA) is 91.5 Å². The van der Waals surface area contributed by atoms with E-state index in [1.165, 1.54) is 12.2 Å². The zero-order valence-corrected chi connectivity index (χ0v) is 23.6. The van der Waals surface area contributed by atoms with Crippen molar-refractivity contribution in [1.29, 1.82) is 0 Å². The van der Waals surface area contributed by atoms with Crippen molar-refractivity contribution in [3.8, 4) is 22.3 Å². The summed E-state index contributed by atoms with van der Waals surface area (Å²) in [5.41, 5.74) is 11.8. The highest BCUT2D eigenvalue weighted by Gasteiger charge is 2.17. The highest BCUT2D eigenvalue weighted by atomic mass is 16.1. The Labute approximate surface area is 253 Å². The molecule has 5 heterocycles. The van der Waals surface area contributed by atoms with Crippen LogP contribution in [0.2, 0.25) is 0 Å². The summed E-state index contributed by atoms with van der Waals surface area (Å²) in [6.07, 6.45) is 16.0. The second-order valence-electron chi connectivity index (χ2n) is 10.3. The number of aldehydes is 2. The zero-order chi connectivity index (χ0) is 29.9. The number of H-pyrrole nitrogens is 2. The van der Waals surface area contributed by atoms with Crippen LogP contribution < -0.4 is 0 Å². The largest absolute Gasteiger partial charge is 0.354 e. The van der Waals surface area contributed by atoms with Crippen LogP contribution in [0.1, 0.15) is 33.9 Å². The lowest BCUT2D eigenvalue weighted by Gasteiger charge is -2.04. The Kier molecular flexibility index (Phi) is 7.06. The van der Waals surface area contributed by atoms with Crippen LogP contribution >= 0.6 is 0 Å². The summed E-state index contributed by atoms with van der Waals surface area (Å²) < 4.78 is 0. The number of fused-ring (bicyclic) bond motifs is 8. The van der Waals surface area contributed by atoms with Gasteiger partial charge in [-0.3, -0.25) is 9.59 Å². The van der Waals surface area contributed by atoms with Crippen molar-refractivity contribution in [3.05, 3.63) is 131 Å². The number of nitrogens with zero attached hydrogens (tertiary/aromatic N) is 2. The Morgan fingerprint density at radius 1 is 0.455 bits per heavy atom. The third-order valence-corrected chi connectivity index (χ3v) is 7.64. The quantitative estimate of drug-likeness (QED) is 0.155. The Morgan fingerprint density at radius 3 is 1.32 bits per heavy atom. The van der Waals surface area contributed by atoms with E-state index in [0.717, 1.165) is 79.4 Å². The number of carbonyl (C=O) groups is 2. The van der Waals surface area contributed by atoms with E-state index >= 15 is 0 Å². The Hall–Kier alpha value is -6.14. The summed E-state index contributed by atoms with van der Waals surface area (Å²) in [5, 5.41) is 0. The molecule has 7 rings (SSSR count). The first-order valence-electron chi connectivity index (χ1n) is 14.2. The maximum Gasteiger partial charge on any atom is 0.142 e. The van der Waals surface area contributed by atoms with Crippen molar-refractivity contribution in [1.82, 2.24) is 19.9 Å². The van der Waals surface area contributed by atoms with Gasteiger partial charge in [0.15, 0.2) is 0 Å². The molecule has 0 spiro atoms. The lowest BCUT2D eigenvalue weighted by molar-refractivity contribution is -0.104. The van der Waals surface area contributed by atoms with Crippen molar-refractivity contribution < 1.29 is 9.59 Å². The Bertz CT molecular complexity index is 2060. The fraction of sp³-hybridized carbons (Fsp3) is 0. The van der Waals surface area contributed by atoms with Gasteiger partial charge in [0, 0.05) is 44.3 Å². The van der Waals surface area contributed by atoms with Crippen molar-refractivity contribution in [2.45, 2.75) is 0 Å². The fourth-order valence-electron chi connectivity index (χ4n) is 5.69. The number of benzene rings is 2. The van der Waals surface area contributed by atoms with E-state index < -0.39 is 0 Å². The number of hydrogen-bond donors (Lipinski definition) is 2. The van der Waals surface area contributed by atoms with Crippen LogP contribution in [-0.4, -0.2) is 32.5 Å². The van der Waals surface area contributed by atoms with Gasteiger partial charge in [-0.15, -0.1) is 0 Å². The number of hydrogen-bond acceptors (Lipinski definition) is 4. The first-order valence-corrected chi connectivity index (χ1v) is 14.2. The monoisotopic (exact) mass is 570 g/mol. The molecule has 0 fully saturated rings. The van der Waals surface area contributed by atoms with Gasteiger partial charge in [0.1, 0.15) is 12.6 Å². The van der Waals surface area contributed by atoms with Gasteiger partial charge in [0.2, 0.25) is 0 Å². The molecule has 3 aromatic heterocycles. The summed E-state index contributed by atoms with van der Waals surface area (Å²) in [6.45, 7) is 0. The molecule has 2 aromatic carbocycles. The van der Waals surface area contributed by atoms with Crippen molar-refractivity contribution >= 4 is 71.1 Å². The average Bonchev–Trinajstić information content (AvgIpc) is 3.89. The number of carbonyl (C=O) groups excluding carboxylic acids is 2. The maximum absolute atomic E-state index is 11.4. The minimum atomic E-state index is 0.708. The minimum Gasteiger partial charge on any atom is -0.354 e. The molecular weight excluding hydrogens is 544 g/mol. The van der Waals surface area contributed by atoms with Crippen LogP contribution in [0.5, 0.6) is 0 Å². The van der Waals surface area contributed by atoms with Gasteiger partial charge in [0.05, 0.1) is 22.8 Å². The summed E-state index contributed by atoms with van der Waals surface area (Å²) in [7, 11) is 0. The highest BCUT2D eigenvalue weighted by Crippen LogP contribution is 2.34. The lowest BCUT2D eigenvalue weighted by atomic mass is 10.0. The molecule has 2 aliphatic rings. The molecule has 5 aromatic rings. The van der Waals surface area contributed by atoms with E-state index in [1.807, 2.05) is 91.0 Å². The number of rotatable bonds is 6. The molecular formula is C38H26N4O2. The third-order valence-electron chi connectivity index (χ3n) is 7.64. The van der Waals surface area contributed by atoms with Gasteiger partial charge in [0.25, 0.3) is 0 Å². The van der Waals surface area contributed by atoms with E-state index in [4.69, 9.17) is 9.97 Å². The predicted octanol–water partition coefficient (Wildman–Crippen LogP) is 8.41. The highest BCUT2D eigenvalue weighted by molar-refractivity contribution is 5.97. The molecule has 0 radical (unpaired) electrons.